The van der Waals surface area contributed by atoms with Crippen LogP contribution in [-0.4, -0.2) is 11.1 Å². The Balaban J connectivity index is 2.15. The predicted molar refractivity (Wildman–Crippen MR) is 73.8 cm³/mol. The first-order valence-electron chi connectivity index (χ1n) is 6.12. The van der Waals surface area contributed by atoms with E-state index in [9.17, 15) is 13.6 Å². The highest BCUT2D eigenvalue weighted by Crippen LogP contribution is 2.18. The number of aliphatic carboxylic acids is 1. The number of hydrogen-bond donors (Lipinski definition) is 1. The summed E-state index contributed by atoms with van der Waals surface area (Å²) in [5.74, 6) is -1.49. The van der Waals surface area contributed by atoms with Gasteiger partial charge in [0.2, 0.25) is 0 Å². The molecule has 21 heavy (non-hydrogen) atoms. The fraction of sp³-hybridized carbons (Fsp3) is 0.0625. The van der Waals surface area contributed by atoms with Crippen molar-refractivity contribution in [2.24, 2.45) is 0 Å². The summed E-state index contributed by atoms with van der Waals surface area (Å²) in [5, 5.41) is 8.62. The van der Waals surface area contributed by atoms with Crippen molar-refractivity contribution >= 4 is 12.0 Å². The van der Waals surface area contributed by atoms with Gasteiger partial charge in [-0.1, -0.05) is 6.07 Å². The van der Waals surface area contributed by atoms with Gasteiger partial charge in [0, 0.05) is 6.08 Å². The largest absolute Gasteiger partial charge is 0.489 e. The molecule has 0 unspecified atom stereocenters. The molecule has 0 atom stereocenters. The number of carboxylic acids is 1. The Kier molecular flexibility index (Phi) is 4.66. The molecule has 0 saturated carbocycles. The monoisotopic (exact) mass is 290 g/mol. The zero-order valence-corrected chi connectivity index (χ0v) is 10.9. The molecule has 5 heteroatoms. The van der Waals surface area contributed by atoms with E-state index in [1.54, 1.807) is 0 Å². The number of halogens is 2. The van der Waals surface area contributed by atoms with Crippen LogP contribution >= 0.6 is 0 Å². The highest BCUT2D eigenvalue weighted by Gasteiger charge is 2.04. The van der Waals surface area contributed by atoms with E-state index in [1.165, 1.54) is 48.5 Å². The van der Waals surface area contributed by atoms with Crippen LogP contribution in [0.4, 0.5) is 8.78 Å². The van der Waals surface area contributed by atoms with Crippen molar-refractivity contribution in [3.8, 4) is 5.75 Å². The number of rotatable bonds is 5. The lowest BCUT2D eigenvalue weighted by Crippen LogP contribution is -1.99. The molecule has 0 aliphatic carbocycles. The Morgan fingerprint density at radius 2 is 1.76 bits per heavy atom. The molecule has 2 aromatic rings. The molecule has 0 aliphatic rings. The van der Waals surface area contributed by atoms with Gasteiger partial charge in [0.05, 0.1) is 0 Å². The van der Waals surface area contributed by atoms with Gasteiger partial charge < -0.3 is 9.84 Å². The zero-order valence-electron chi connectivity index (χ0n) is 10.9. The molecule has 0 fully saturated rings. The van der Waals surface area contributed by atoms with Crippen LogP contribution in [0.5, 0.6) is 5.75 Å². The summed E-state index contributed by atoms with van der Waals surface area (Å²) in [6, 6.07) is 9.50. The summed E-state index contributed by atoms with van der Waals surface area (Å²) in [6.45, 7) is 0.116. The van der Waals surface area contributed by atoms with Crippen LogP contribution in [0.15, 0.2) is 48.5 Å². The van der Waals surface area contributed by atoms with Crippen molar-refractivity contribution in [3.63, 3.8) is 0 Å². The second kappa shape index (κ2) is 6.65. The zero-order chi connectivity index (χ0) is 15.2. The third-order valence-electron chi connectivity index (χ3n) is 2.72. The molecule has 0 aliphatic heterocycles. The van der Waals surface area contributed by atoms with Crippen molar-refractivity contribution in [2.45, 2.75) is 6.61 Å². The van der Waals surface area contributed by atoms with E-state index in [1.807, 2.05) is 0 Å². The standard InChI is InChI=1S/C16H12F2O3/c17-13-4-6-15(7-5-13)21-10-12-1-3-14(18)9-11(12)2-8-16(19)20/h1-9H,10H2,(H,19,20). The van der Waals surface area contributed by atoms with Crippen LogP contribution in [0.3, 0.4) is 0 Å². The van der Waals surface area contributed by atoms with Gasteiger partial charge >= 0.3 is 5.97 Å². The molecule has 0 radical (unpaired) electrons. The Morgan fingerprint density at radius 1 is 1.10 bits per heavy atom. The highest BCUT2D eigenvalue weighted by atomic mass is 19.1. The number of benzene rings is 2. The maximum absolute atomic E-state index is 13.2. The second-order valence-corrected chi connectivity index (χ2v) is 4.26. The summed E-state index contributed by atoms with van der Waals surface area (Å²) in [4.78, 5) is 10.5. The summed E-state index contributed by atoms with van der Waals surface area (Å²) in [6.07, 6.45) is 2.23. The van der Waals surface area contributed by atoms with Gasteiger partial charge in [0.1, 0.15) is 24.0 Å². The number of hydrogen-bond acceptors (Lipinski definition) is 2. The molecule has 0 spiro atoms. The smallest absolute Gasteiger partial charge is 0.328 e. The minimum atomic E-state index is -1.12. The second-order valence-electron chi connectivity index (χ2n) is 4.26. The Labute approximate surface area is 120 Å². The molecular weight excluding hydrogens is 278 g/mol. The summed E-state index contributed by atoms with van der Waals surface area (Å²) in [7, 11) is 0. The van der Waals surface area contributed by atoms with E-state index in [-0.39, 0.29) is 12.4 Å². The molecule has 3 nitrogen and oxygen atoms in total. The van der Waals surface area contributed by atoms with Crippen molar-refractivity contribution < 1.29 is 23.4 Å². The third-order valence-corrected chi connectivity index (χ3v) is 2.72. The first kappa shape index (κ1) is 14.7. The molecule has 108 valence electrons. The quantitative estimate of drug-likeness (QED) is 0.855. The average molecular weight is 290 g/mol. The third kappa shape index (κ3) is 4.42. The van der Waals surface area contributed by atoms with Crippen LogP contribution < -0.4 is 4.74 Å². The maximum Gasteiger partial charge on any atom is 0.328 e. The minimum Gasteiger partial charge on any atom is -0.489 e. The molecule has 1 N–H and O–H groups in total. The molecule has 2 aromatic carbocycles. The molecule has 2 rings (SSSR count). The first-order valence-corrected chi connectivity index (χ1v) is 6.12. The van der Waals surface area contributed by atoms with Crippen LogP contribution in [-0.2, 0) is 11.4 Å². The fourth-order valence-electron chi connectivity index (χ4n) is 1.71. The molecule has 0 aromatic heterocycles. The minimum absolute atomic E-state index is 0.116. The lowest BCUT2D eigenvalue weighted by molar-refractivity contribution is -0.131. The predicted octanol–water partition coefficient (Wildman–Crippen LogP) is 3.64. The number of ether oxygens (including phenoxy) is 1. The maximum atomic E-state index is 13.2. The average Bonchev–Trinajstić information content (AvgIpc) is 2.45. The van der Waals surface area contributed by atoms with Crippen LogP contribution in [0.25, 0.3) is 6.08 Å². The van der Waals surface area contributed by atoms with E-state index in [4.69, 9.17) is 9.84 Å². The van der Waals surface area contributed by atoms with E-state index >= 15 is 0 Å². The van der Waals surface area contributed by atoms with Crippen LogP contribution in [0.1, 0.15) is 11.1 Å². The van der Waals surface area contributed by atoms with E-state index in [0.717, 1.165) is 6.08 Å². The molecule has 0 bridgehead atoms. The SMILES string of the molecule is O=C(O)C=Cc1cc(F)ccc1COc1ccc(F)cc1. The van der Waals surface area contributed by atoms with Gasteiger partial charge in [-0.25, -0.2) is 13.6 Å². The van der Waals surface area contributed by atoms with Crippen molar-refractivity contribution in [1.82, 2.24) is 0 Å². The van der Waals surface area contributed by atoms with Gasteiger partial charge in [0.15, 0.2) is 0 Å². The lowest BCUT2D eigenvalue weighted by Gasteiger charge is -2.09. The normalized spacial score (nSPS) is 10.8. The molecular formula is C16H12F2O3. The molecule has 0 amide bonds. The van der Waals surface area contributed by atoms with Crippen LogP contribution in [0, 0.1) is 11.6 Å². The first-order chi connectivity index (χ1) is 10.0. The highest BCUT2D eigenvalue weighted by molar-refractivity contribution is 5.85. The number of carbonyl (C=O) groups is 1. The Hall–Kier alpha value is -2.69. The number of carboxylic acid groups (broad SMARTS) is 1. The fourth-order valence-corrected chi connectivity index (χ4v) is 1.71. The van der Waals surface area contributed by atoms with Gasteiger partial charge in [-0.05, 0) is 53.6 Å². The van der Waals surface area contributed by atoms with Crippen LogP contribution in [0.2, 0.25) is 0 Å². The van der Waals surface area contributed by atoms with E-state index in [2.05, 4.69) is 0 Å². The molecule has 0 heterocycles. The van der Waals surface area contributed by atoms with Gasteiger partial charge in [-0.3, -0.25) is 0 Å². The summed E-state index contributed by atoms with van der Waals surface area (Å²) in [5.41, 5.74) is 1.04. The van der Waals surface area contributed by atoms with E-state index < -0.39 is 11.8 Å². The Bertz CT molecular complexity index is 664. The lowest BCUT2D eigenvalue weighted by atomic mass is 10.1. The van der Waals surface area contributed by atoms with Crippen molar-refractivity contribution in [2.75, 3.05) is 0 Å². The molecule has 0 saturated heterocycles. The topological polar surface area (TPSA) is 46.5 Å². The van der Waals surface area contributed by atoms with Crippen molar-refractivity contribution in [3.05, 3.63) is 71.3 Å². The van der Waals surface area contributed by atoms with E-state index in [0.29, 0.717) is 16.9 Å². The van der Waals surface area contributed by atoms with Gasteiger partial charge in [-0.15, -0.1) is 0 Å². The van der Waals surface area contributed by atoms with Gasteiger partial charge in [-0.2, -0.15) is 0 Å². The van der Waals surface area contributed by atoms with Gasteiger partial charge in [0.25, 0.3) is 0 Å². The summed E-state index contributed by atoms with van der Waals surface area (Å²) >= 11 is 0. The van der Waals surface area contributed by atoms with Crippen molar-refractivity contribution in [1.29, 1.82) is 0 Å². The Morgan fingerprint density at radius 3 is 2.43 bits per heavy atom. The summed E-state index contributed by atoms with van der Waals surface area (Å²) < 4.78 is 31.5.